The fourth-order valence-corrected chi connectivity index (χ4v) is 2.19. The van der Waals surface area contributed by atoms with Gasteiger partial charge < -0.3 is 20.4 Å². The third-order valence-electron chi connectivity index (χ3n) is 3.11. The van der Waals surface area contributed by atoms with Crippen molar-refractivity contribution >= 4 is 28.2 Å². The minimum Gasteiger partial charge on any atom is -0.359 e. The molecule has 1 aromatic carbocycles. The number of imidazole rings is 1. The van der Waals surface area contributed by atoms with Gasteiger partial charge in [-0.25, -0.2) is 0 Å². The standard InChI is InChI=1S/C13H13N5O2/c1-8-5-9-6-10(3-4-11(9)15-8)16-13-12(18(19)20)14-7-17(13)2/h3-7,15-16H,1-2H3. The molecule has 0 unspecified atom stereocenters. The molecule has 0 atom stereocenters. The van der Waals surface area contributed by atoms with E-state index in [1.54, 1.807) is 11.6 Å². The molecule has 0 saturated heterocycles. The average Bonchev–Trinajstić information content (AvgIpc) is 2.92. The number of H-pyrrole nitrogens is 1. The second kappa shape index (κ2) is 4.37. The fourth-order valence-electron chi connectivity index (χ4n) is 2.19. The maximum atomic E-state index is 10.9. The van der Waals surface area contributed by atoms with Crippen LogP contribution in [0.4, 0.5) is 17.3 Å². The van der Waals surface area contributed by atoms with Gasteiger partial charge in [0, 0.05) is 29.3 Å². The summed E-state index contributed by atoms with van der Waals surface area (Å²) in [6.07, 6.45) is 1.42. The van der Waals surface area contributed by atoms with E-state index >= 15 is 0 Å². The lowest BCUT2D eigenvalue weighted by Gasteiger charge is -2.06. The number of fused-ring (bicyclic) bond motifs is 1. The van der Waals surface area contributed by atoms with Crippen molar-refractivity contribution in [2.75, 3.05) is 5.32 Å². The van der Waals surface area contributed by atoms with Crippen LogP contribution in [0.5, 0.6) is 0 Å². The van der Waals surface area contributed by atoms with Crippen molar-refractivity contribution in [3.63, 3.8) is 0 Å². The molecule has 0 bridgehead atoms. The molecule has 102 valence electrons. The molecule has 2 aromatic heterocycles. The van der Waals surface area contributed by atoms with Crippen molar-refractivity contribution in [3.05, 3.63) is 46.4 Å². The molecule has 0 amide bonds. The second-order valence-electron chi connectivity index (χ2n) is 4.66. The Morgan fingerprint density at radius 1 is 1.40 bits per heavy atom. The van der Waals surface area contributed by atoms with Crippen LogP contribution in [0.15, 0.2) is 30.6 Å². The Hall–Kier alpha value is -2.83. The van der Waals surface area contributed by atoms with E-state index in [-0.39, 0.29) is 5.82 Å². The molecule has 0 fully saturated rings. The van der Waals surface area contributed by atoms with Gasteiger partial charge in [-0.05, 0) is 41.1 Å². The van der Waals surface area contributed by atoms with E-state index in [2.05, 4.69) is 15.3 Å². The number of benzene rings is 1. The van der Waals surface area contributed by atoms with Crippen LogP contribution in [0.1, 0.15) is 5.69 Å². The number of nitrogens with one attached hydrogen (secondary N) is 2. The van der Waals surface area contributed by atoms with Gasteiger partial charge >= 0.3 is 5.82 Å². The molecule has 0 aliphatic rings. The van der Waals surface area contributed by atoms with E-state index in [0.717, 1.165) is 22.3 Å². The van der Waals surface area contributed by atoms with Crippen molar-refractivity contribution in [3.8, 4) is 0 Å². The Balaban J connectivity index is 2.00. The van der Waals surface area contributed by atoms with Crippen LogP contribution in [0.2, 0.25) is 0 Å². The van der Waals surface area contributed by atoms with Gasteiger partial charge in [-0.2, -0.15) is 0 Å². The zero-order valence-corrected chi connectivity index (χ0v) is 11.0. The highest BCUT2D eigenvalue weighted by atomic mass is 16.6. The Morgan fingerprint density at radius 3 is 2.95 bits per heavy atom. The number of anilines is 2. The van der Waals surface area contributed by atoms with E-state index in [1.807, 2.05) is 31.2 Å². The largest absolute Gasteiger partial charge is 0.406 e. The highest BCUT2D eigenvalue weighted by molar-refractivity contribution is 5.85. The van der Waals surface area contributed by atoms with Crippen LogP contribution in [0.25, 0.3) is 10.9 Å². The van der Waals surface area contributed by atoms with Gasteiger partial charge in [0.25, 0.3) is 0 Å². The van der Waals surface area contributed by atoms with Crippen LogP contribution in [0, 0.1) is 17.0 Å². The molecular weight excluding hydrogens is 258 g/mol. The van der Waals surface area contributed by atoms with Crippen LogP contribution >= 0.6 is 0 Å². The lowest BCUT2D eigenvalue weighted by Crippen LogP contribution is -2.00. The minimum absolute atomic E-state index is 0.183. The van der Waals surface area contributed by atoms with E-state index in [4.69, 9.17) is 0 Å². The van der Waals surface area contributed by atoms with E-state index in [0.29, 0.717) is 5.82 Å². The summed E-state index contributed by atoms with van der Waals surface area (Å²) >= 11 is 0. The molecular formula is C13H13N5O2. The first-order valence-electron chi connectivity index (χ1n) is 6.06. The predicted molar refractivity (Wildman–Crippen MR) is 76.2 cm³/mol. The van der Waals surface area contributed by atoms with Crippen molar-refractivity contribution in [1.29, 1.82) is 0 Å². The normalized spacial score (nSPS) is 10.9. The lowest BCUT2D eigenvalue weighted by atomic mass is 10.2. The topological polar surface area (TPSA) is 88.8 Å². The fraction of sp³-hybridized carbons (Fsp3) is 0.154. The molecule has 7 heteroatoms. The van der Waals surface area contributed by atoms with Crippen molar-refractivity contribution in [2.24, 2.45) is 7.05 Å². The Morgan fingerprint density at radius 2 is 2.20 bits per heavy atom. The Labute approximate surface area is 114 Å². The van der Waals surface area contributed by atoms with Gasteiger partial charge in [0.05, 0.1) is 0 Å². The first kappa shape index (κ1) is 12.2. The number of nitrogens with zero attached hydrogens (tertiary/aromatic N) is 3. The number of rotatable bonds is 3. The van der Waals surface area contributed by atoms with E-state index in [1.165, 1.54) is 6.33 Å². The highest BCUT2D eigenvalue weighted by Gasteiger charge is 2.20. The number of hydrogen-bond acceptors (Lipinski definition) is 4. The van der Waals surface area contributed by atoms with Gasteiger partial charge in [0.1, 0.15) is 0 Å². The van der Waals surface area contributed by atoms with E-state index in [9.17, 15) is 10.1 Å². The van der Waals surface area contributed by atoms with Gasteiger partial charge in [0.2, 0.25) is 12.1 Å². The quantitative estimate of drug-likeness (QED) is 0.566. The molecule has 0 spiro atoms. The molecule has 20 heavy (non-hydrogen) atoms. The summed E-state index contributed by atoms with van der Waals surface area (Å²) in [7, 11) is 1.71. The van der Waals surface area contributed by atoms with Gasteiger partial charge in [-0.3, -0.25) is 4.57 Å². The molecule has 3 aromatic rings. The van der Waals surface area contributed by atoms with Crippen molar-refractivity contribution < 1.29 is 4.92 Å². The summed E-state index contributed by atoms with van der Waals surface area (Å²) in [4.78, 5) is 17.4. The van der Waals surface area contributed by atoms with Gasteiger partial charge in [-0.1, -0.05) is 0 Å². The molecule has 0 aliphatic carbocycles. The molecule has 0 saturated carbocycles. The SMILES string of the molecule is Cc1cc2cc(Nc3c([N+](=O)[O-])ncn3C)ccc2[nH]1. The first-order valence-corrected chi connectivity index (χ1v) is 6.06. The Kier molecular flexibility index (Phi) is 2.67. The average molecular weight is 271 g/mol. The third kappa shape index (κ3) is 1.99. The number of aromatic amines is 1. The summed E-state index contributed by atoms with van der Waals surface area (Å²) in [5.41, 5.74) is 2.89. The van der Waals surface area contributed by atoms with Crippen LogP contribution in [0.3, 0.4) is 0 Å². The second-order valence-corrected chi connectivity index (χ2v) is 4.66. The number of aromatic nitrogens is 3. The summed E-state index contributed by atoms with van der Waals surface area (Å²) in [5.74, 6) is 0.180. The summed E-state index contributed by atoms with van der Waals surface area (Å²) < 4.78 is 1.59. The summed E-state index contributed by atoms with van der Waals surface area (Å²) in [5, 5.41) is 15.0. The number of nitro groups is 1. The molecule has 2 N–H and O–H groups in total. The van der Waals surface area contributed by atoms with Crippen LogP contribution < -0.4 is 5.32 Å². The molecule has 3 rings (SSSR count). The monoisotopic (exact) mass is 271 g/mol. The van der Waals surface area contributed by atoms with Crippen molar-refractivity contribution in [2.45, 2.75) is 6.92 Å². The van der Waals surface area contributed by atoms with Crippen LogP contribution in [-0.2, 0) is 7.05 Å². The first-order chi connectivity index (χ1) is 9.54. The Bertz CT molecular complexity index is 802. The van der Waals surface area contributed by atoms with Crippen LogP contribution in [-0.4, -0.2) is 19.5 Å². The highest BCUT2D eigenvalue weighted by Crippen LogP contribution is 2.27. The molecule has 7 nitrogen and oxygen atoms in total. The maximum Gasteiger partial charge on any atom is 0.406 e. The molecule has 0 aliphatic heterocycles. The van der Waals surface area contributed by atoms with E-state index < -0.39 is 4.92 Å². The number of aryl methyl sites for hydroxylation is 2. The zero-order valence-electron chi connectivity index (χ0n) is 11.0. The van der Waals surface area contributed by atoms with Gasteiger partial charge in [-0.15, -0.1) is 0 Å². The minimum atomic E-state index is -0.499. The summed E-state index contributed by atoms with van der Waals surface area (Å²) in [6, 6.07) is 7.77. The molecule has 0 radical (unpaired) electrons. The zero-order chi connectivity index (χ0) is 14.3. The number of hydrogen-bond donors (Lipinski definition) is 2. The molecule has 2 heterocycles. The third-order valence-corrected chi connectivity index (χ3v) is 3.11. The summed E-state index contributed by atoms with van der Waals surface area (Å²) in [6.45, 7) is 1.99. The maximum absolute atomic E-state index is 10.9. The predicted octanol–water partition coefficient (Wildman–Crippen LogP) is 2.86. The lowest BCUT2D eigenvalue weighted by molar-refractivity contribution is -0.388. The van der Waals surface area contributed by atoms with Crippen molar-refractivity contribution in [1.82, 2.24) is 14.5 Å². The smallest absolute Gasteiger partial charge is 0.359 e. The van der Waals surface area contributed by atoms with Gasteiger partial charge in [0.15, 0.2) is 0 Å².